The second kappa shape index (κ2) is 5.43. The number of benzene rings is 2. The molecule has 1 N–H and O–H groups in total. The molecule has 0 saturated carbocycles. The third-order valence-electron chi connectivity index (χ3n) is 3.14. The van der Waals surface area contributed by atoms with Gasteiger partial charge in [-0.1, -0.05) is 42.5 Å². The van der Waals surface area contributed by atoms with Crippen LogP contribution in [0, 0.1) is 0 Å². The van der Waals surface area contributed by atoms with E-state index in [2.05, 4.69) is 17.2 Å². The highest BCUT2D eigenvalue weighted by Gasteiger charge is 2.09. The number of hydrogen-bond acceptors (Lipinski definition) is 3. The fraction of sp³-hybridized carbons (Fsp3) is 0.125. The molecule has 4 heteroatoms. The SMILES string of the molecule is CCc1ccc(C(=O)Nc2nc3ccccc3s2)cc1. The predicted molar refractivity (Wildman–Crippen MR) is 83.4 cm³/mol. The van der Waals surface area contributed by atoms with Crippen molar-refractivity contribution >= 4 is 32.6 Å². The number of aryl methyl sites for hydroxylation is 1. The summed E-state index contributed by atoms with van der Waals surface area (Å²) in [6.45, 7) is 2.09. The maximum Gasteiger partial charge on any atom is 0.257 e. The first-order valence-electron chi connectivity index (χ1n) is 6.52. The number of carbonyl (C=O) groups is 1. The minimum Gasteiger partial charge on any atom is -0.298 e. The Bertz CT molecular complexity index is 714. The van der Waals surface area contributed by atoms with E-state index in [1.165, 1.54) is 16.9 Å². The summed E-state index contributed by atoms with van der Waals surface area (Å²) in [4.78, 5) is 16.5. The van der Waals surface area contributed by atoms with Crippen molar-refractivity contribution < 1.29 is 4.79 Å². The number of thiazole rings is 1. The van der Waals surface area contributed by atoms with Crippen LogP contribution in [0.5, 0.6) is 0 Å². The average molecular weight is 282 g/mol. The lowest BCUT2D eigenvalue weighted by Crippen LogP contribution is -2.11. The van der Waals surface area contributed by atoms with Gasteiger partial charge in [-0.25, -0.2) is 4.98 Å². The molecule has 100 valence electrons. The molecule has 0 saturated heterocycles. The molecule has 2 aromatic carbocycles. The summed E-state index contributed by atoms with van der Waals surface area (Å²) in [6.07, 6.45) is 0.972. The first-order chi connectivity index (χ1) is 9.76. The molecule has 0 unspecified atom stereocenters. The van der Waals surface area contributed by atoms with Crippen molar-refractivity contribution in [2.24, 2.45) is 0 Å². The van der Waals surface area contributed by atoms with Gasteiger partial charge in [0.2, 0.25) is 0 Å². The Morgan fingerprint density at radius 1 is 1.15 bits per heavy atom. The molecule has 0 fully saturated rings. The van der Waals surface area contributed by atoms with Gasteiger partial charge in [0, 0.05) is 5.56 Å². The molecule has 3 rings (SSSR count). The number of anilines is 1. The summed E-state index contributed by atoms with van der Waals surface area (Å²) in [5.41, 5.74) is 2.79. The second-order valence-corrected chi connectivity index (χ2v) is 5.52. The Morgan fingerprint density at radius 2 is 1.90 bits per heavy atom. The number of hydrogen-bond donors (Lipinski definition) is 1. The van der Waals surface area contributed by atoms with Crippen molar-refractivity contribution in [3.8, 4) is 0 Å². The molecular formula is C16H14N2OS. The zero-order chi connectivity index (χ0) is 13.9. The van der Waals surface area contributed by atoms with Crippen molar-refractivity contribution in [2.45, 2.75) is 13.3 Å². The predicted octanol–water partition coefficient (Wildman–Crippen LogP) is 4.11. The van der Waals surface area contributed by atoms with Crippen LogP contribution in [0.4, 0.5) is 5.13 Å². The molecule has 0 aliphatic carbocycles. The monoisotopic (exact) mass is 282 g/mol. The number of rotatable bonds is 3. The molecule has 1 heterocycles. The molecular weight excluding hydrogens is 268 g/mol. The van der Waals surface area contributed by atoms with E-state index < -0.39 is 0 Å². The maximum absolute atomic E-state index is 12.1. The van der Waals surface area contributed by atoms with Crippen LogP contribution in [0.2, 0.25) is 0 Å². The highest BCUT2D eigenvalue weighted by molar-refractivity contribution is 7.22. The number of amides is 1. The Hall–Kier alpha value is -2.20. The number of aromatic nitrogens is 1. The molecule has 3 aromatic rings. The average Bonchev–Trinajstić information content (AvgIpc) is 2.89. The largest absolute Gasteiger partial charge is 0.298 e. The summed E-state index contributed by atoms with van der Waals surface area (Å²) >= 11 is 1.48. The van der Waals surface area contributed by atoms with Gasteiger partial charge in [-0.05, 0) is 36.2 Å². The van der Waals surface area contributed by atoms with E-state index in [1.54, 1.807) is 0 Å². The van der Waals surface area contributed by atoms with E-state index in [-0.39, 0.29) is 5.91 Å². The summed E-state index contributed by atoms with van der Waals surface area (Å²) in [5.74, 6) is -0.119. The first-order valence-corrected chi connectivity index (χ1v) is 7.34. The van der Waals surface area contributed by atoms with Gasteiger partial charge in [0.25, 0.3) is 5.91 Å². The standard InChI is InChI=1S/C16H14N2OS/c1-2-11-7-9-12(10-8-11)15(19)18-16-17-13-5-3-4-6-14(13)20-16/h3-10H,2H2,1H3,(H,17,18,19). The highest BCUT2D eigenvalue weighted by Crippen LogP contribution is 2.25. The van der Waals surface area contributed by atoms with Crippen LogP contribution in [0.15, 0.2) is 48.5 Å². The van der Waals surface area contributed by atoms with E-state index in [0.29, 0.717) is 10.7 Å². The fourth-order valence-corrected chi connectivity index (χ4v) is 2.85. The van der Waals surface area contributed by atoms with Crippen molar-refractivity contribution in [1.82, 2.24) is 4.98 Å². The highest BCUT2D eigenvalue weighted by atomic mass is 32.1. The number of carbonyl (C=O) groups excluding carboxylic acids is 1. The zero-order valence-electron chi connectivity index (χ0n) is 11.1. The normalized spacial score (nSPS) is 10.7. The lowest BCUT2D eigenvalue weighted by molar-refractivity contribution is 0.102. The van der Waals surface area contributed by atoms with Gasteiger partial charge < -0.3 is 0 Å². The summed E-state index contributed by atoms with van der Waals surface area (Å²) in [7, 11) is 0. The minimum atomic E-state index is -0.119. The van der Waals surface area contributed by atoms with Crippen LogP contribution in [0.25, 0.3) is 10.2 Å². The number of fused-ring (bicyclic) bond motifs is 1. The molecule has 1 aromatic heterocycles. The number of para-hydroxylation sites is 1. The van der Waals surface area contributed by atoms with Crippen molar-refractivity contribution in [3.05, 3.63) is 59.7 Å². The first kappa shape index (κ1) is 12.8. The molecule has 0 spiro atoms. The van der Waals surface area contributed by atoms with Gasteiger partial charge >= 0.3 is 0 Å². The van der Waals surface area contributed by atoms with Crippen LogP contribution in [-0.4, -0.2) is 10.9 Å². The van der Waals surface area contributed by atoms with Gasteiger partial charge in [-0.15, -0.1) is 0 Å². The van der Waals surface area contributed by atoms with E-state index >= 15 is 0 Å². The summed E-state index contributed by atoms with van der Waals surface area (Å²) in [6, 6.07) is 15.5. The molecule has 0 aliphatic rings. The van der Waals surface area contributed by atoms with Crippen LogP contribution in [-0.2, 0) is 6.42 Å². The number of nitrogens with one attached hydrogen (secondary N) is 1. The molecule has 1 amide bonds. The van der Waals surface area contributed by atoms with Crippen LogP contribution >= 0.6 is 11.3 Å². The summed E-state index contributed by atoms with van der Waals surface area (Å²) in [5, 5.41) is 3.49. The van der Waals surface area contributed by atoms with Gasteiger partial charge in [0.15, 0.2) is 5.13 Å². The van der Waals surface area contributed by atoms with E-state index in [4.69, 9.17) is 0 Å². The van der Waals surface area contributed by atoms with Crippen molar-refractivity contribution in [3.63, 3.8) is 0 Å². The Kier molecular flexibility index (Phi) is 3.48. The molecule has 0 radical (unpaired) electrons. The quantitative estimate of drug-likeness (QED) is 0.785. The zero-order valence-corrected chi connectivity index (χ0v) is 11.9. The Labute approximate surface area is 121 Å². The van der Waals surface area contributed by atoms with E-state index in [1.807, 2.05) is 48.5 Å². The van der Waals surface area contributed by atoms with Crippen LogP contribution in [0.3, 0.4) is 0 Å². The third kappa shape index (κ3) is 2.56. The molecule has 3 nitrogen and oxygen atoms in total. The Balaban J connectivity index is 1.80. The maximum atomic E-state index is 12.1. The van der Waals surface area contributed by atoms with Crippen molar-refractivity contribution in [2.75, 3.05) is 5.32 Å². The third-order valence-corrected chi connectivity index (χ3v) is 4.09. The Morgan fingerprint density at radius 3 is 2.60 bits per heavy atom. The number of nitrogens with zero attached hydrogens (tertiary/aromatic N) is 1. The second-order valence-electron chi connectivity index (χ2n) is 4.49. The molecule has 20 heavy (non-hydrogen) atoms. The fourth-order valence-electron chi connectivity index (χ4n) is 1.99. The topological polar surface area (TPSA) is 42.0 Å². The lowest BCUT2D eigenvalue weighted by atomic mass is 10.1. The van der Waals surface area contributed by atoms with Crippen LogP contribution < -0.4 is 5.32 Å². The smallest absolute Gasteiger partial charge is 0.257 e. The molecule has 0 atom stereocenters. The van der Waals surface area contributed by atoms with Crippen molar-refractivity contribution in [1.29, 1.82) is 0 Å². The van der Waals surface area contributed by atoms with Crippen LogP contribution in [0.1, 0.15) is 22.8 Å². The van der Waals surface area contributed by atoms with Gasteiger partial charge in [-0.2, -0.15) is 0 Å². The minimum absolute atomic E-state index is 0.119. The lowest BCUT2D eigenvalue weighted by Gasteiger charge is -2.02. The van der Waals surface area contributed by atoms with Gasteiger partial charge in [0.05, 0.1) is 10.2 Å². The summed E-state index contributed by atoms with van der Waals surface area (Å²) < 4.78 is 1.07. The van der Waals surface area contributed by atoms with E-state index in [9.17, 15) is 4.79 Å². The van der Waals surface area contributed by atoms with Gasteiger partial charge in [-0.3, -0.25) is 10.1 Å². The van der Waals surface area contributed by atoms with E-state index in [0.717, 1.165) is 16.6 Å². The molecule has 0 bridgehead atoms. The molecule has 0 aliphatic heterocycles. The van der Waals surface area contributed by atoms with Gasteiger partial charge in [0.1, 0.15) is 0 Å².